The van der Waals surface area contributed by atoms with Crippen molar-refractivity contribution in [1.29, 1.82) is 0 Å². The summed E-state index contributed by atoms with van der Waals surface area (Å²) < 4.78 is 77.8. The molecule has 1 amide bonds. The van der Waals surface area contributed by atoms with Crippen molar-refractivity contribution in [1.82, 2.24) is 10.3 Å². The summed E-state index contributed by atoms with van der Waals surface area (Å²) >= 11 is 0. The second-order valence-corrected chi connectivity index (χ2v) is 9.12. The van der Waals surface area contributed by atoms with E-state index >= 15 is 0 Å². The lowest BCUT2D eigenvalue weighted by atomic mass is 10.1. The Morgan fingerprint density at radius 2 is 1.91 bits per heavy atom. The van der Waals surface area contributed by atoms with E-state index in [4.69, 9.17) is 0 Å². The molecule has 2 rings (SSSR count). The van der Waals surface area contributed by atoms with Crippen molar-refractivity contribution < 1.29 is 30.8 Å². The van der Waals surface area contributed by atoms with Crippen LogP contribution in [0.15, 0.2) is 24.3 Å². The smallest absolute Gasteiger partial charge is 0.341 e. The normalized spacial score (nSPS) is 11.5. The predicted octanol–water partition coefficient (Wildman–Crippen LogP) is 3.93. The fraction of sp³-hybridized carbons (Fsp3) is 0.364. The molecule has 0 saturated heterocycles. The summed E-state index contributed by atoms with van der Waals surface area (Å²) in [5.74, 6) is 3.35. The Morgan fingerprint density at radius 1 is 1.21 bits per heavy atom. The Bertz CT molecular complexity index is 1180. The summed E-state index contributed by atoms with van der Waals surface area (Å²) in [5, 5.41) is 2.47. The van der Waals surface area contributed by atoms with Crippen LogP contribution in [-0.4, -0.2) is 25.6 Å². The van der Waals surface area contributed by atoms with Crippen LogP contribution in [0.4, 0.5) is 23.2 Å². The average Bonchev–Trinajstić information content (AvgIpc) is 2.70. The number of aryl methyl sites for hydroxylation is 2. The third kappa shape index (κ3) is 8.05. The van der Waals surface area contributed by atoms with Gasteiger partial charge in [0, 0.05) is 18.0 Å². The molecule has 1 aromatic heterocycles. The number of aromatic nitrogens is 1. The van der Waals surface area contributed by atoms with E-state index in [1.165, 1.54) is 19.1 Å². The average molecular weight is 486 g/mol. The standard InChI is InChI=1S/C22H23F4N3O3S/c1-4-5-6-18-16(7-9-19(28-18)22(24,25)26)8-10-20(30)27-13-15-11-14(2)21(17(23)12-15)29-33(3,31)32/h7,9,11-12,29H,4-6,13H2,1-3H3,(H,27,30). The van der Waals surface area contributed by atoms with Crippen LogP contribution in [0.2, 0.25) is 0 Å². The van der Waals surface area contributed by atoms with Gasteiger partial charge in [0.25, 0.3) is 5.91 Å². The number of benzene rings is 1. The van der Waals surface area contributed by atoms with Crippen LogP contribution in [0.3, 0.4) is 0 Å². The van der Waals surface area contributed by atoms with Crippen molar-refractivity contribution in [2.24, 2.45) is 0 Å². The monoisotopic (exact) mass is 485 g/mol. The van der Waals surface area contributed by atoms with Crippen LogP contribution < -0.4 is 10.0 Å². The maximum absolute atomic E-state index is 14.2. The van der Waals surface area contributed by atoms with Crippen LogP contribution in [0.5, 0.6) is 0 Å². The number of unbranched alkanes of at least 4 members (excludes halogenated alkanes) is 1. The van der Waals surface area contributed by atoms with Crippen LogP contribution in [0.25, 0.3) is 0 Å². The molecule has 0 spiro atoms. The van der Waals surface area contributed by atoms with Gasteiger partial charge in [-0.05, 0) is 49.1 Å². The molecule has 33 heavy (non-hydrogen) atoms. The molecule has 6 nitrogen and oxygen atoms in total. The minimum Gasteiger partial charge on any atom is -0.341 e. The number of anilines is 1. The molecule has 0 aliphatic heterocycles. The van der Waals surface area contributed by atoms with Gasteiger partial charge < -0.3 is 5.32 Å². The zero-order valence-corrected chi connectivity index (χ0v) is 19.0. The van der Waals surface area contributed by atoms with Gasteiger partial charge in [-0.1, -0.05) is 25.3 Å². The molecule has 0 aliphatic rings. The largest absolute Gasteiger partial charge is 0.433 e. The van der Waals surface area contributed by atoms with Gasteiger partial charge in [0.15, 0.2) is 0 Å². The molecule has 2 N–H and O–H groups in total. The number of pyridine rings is 1. The predicted molar refractivity (Wildman–Crippen MR) is 116 cm³/mol. The van der Waals surface area contributed by atoms with Crippen molar-refractivity contribution in [2.45, 2.75) is 45.8 Å². The third-order valence-electron chi connectivity index (χ3n) is 4.43. The van der Waals surface area contributed by atoms with Gasteiger partial charge in [-0.2, -0.15) is 13.2 Å². The quantitative estimate of drug-likeness (QED) is 0.460. The number of carbonyl (C=O) groups is 1. The summed E-state index contributed by atoms with van der Waals surface area (Å²) in [6.45, 7) is 3.32. The number of hydrogen-bond donors (Lipinski definition) is 2. The van der Waals surface area contributed by atoms with Gasteiger partial charge in [-0.3, -0.25) is 9.52 Å². The van der Waals surface area contributed by atoms with Gasteiger partial charge in [-0.25, -0.2) is 17.8 Å². The van der Waals surface area contributed by atoms with Crippen molar-refractivity contribution in [2.75, 3.05) is 11.0 Å². The van der Waals surface area contributed by atoms with Gasteiger partial charge in [0.1, 0.15) is 11.5 Å². The van der Waals surface area contributed by atoms with Crippen molar-refractivity contribution in [3.8, 4) is 11.8 Å². The molecule has 0 bridgehead atoms. The number of nitrogens with one attached hydrogen (secondary N) is 2. The molecule has 178 valence electrons. The molecule has 0 unspecified atom stereocenters. The van der Waals surface area contributed by atoms with E-state index in [1.54, 1.807) is 0 Å². The SMILES string of the molecule is CCCCc1nc(C(F)(F)F)ccc1C#CC(=O)NCc1cc(C)c(NS(C)(=O)=O)c(F)c1. The molecule has 2 aromatic rings. The molecule has 0 aliphatic carbocycles. The third-order valence-corrected chi connectivity index (χ3v) is 5.01. The van der Waals surface area contributed by atoms with Crippen LogP contribution in [0, 0.1) is 24.6 Å². The summed E-state index contributed by atoms with van der Waals surface area (Å²) in [7, 11) is -3.66. The molecule has 0 atom stereocenters. The highest BCUT2D eigenvalue weighted by Gasteiger charge is 2.32. The summed E-state index contributed by atoms with van der Waals surface area (Å²) in [5.41, 5.74) is -0.105. The Kier molecular flexibility index (Phi) is 8.44. The Morgan fingerprint density at radius 3 is 2.48 bits per heavy atom. The van der Waals surface area contributed by atoms with E-state index in [-0.39, 0.29) is 23.5 Å². The highest BCUT2D eigenvalue weighted by atomic mass is 32.2. The van der Waals surface area contributed by atoms with Crippen LogP contribution >= 0.6 is 0 Å². The zero-order valence-electron chi connectivity index (χ0n) is 18.2. The van der Waals surface area contributed by atoms with Crippen molar-refractivity contribution in [3.05, 3.63) is 58.2 Å². The highest BCUT2D eigenvalue weighted by molar-refractivity contribution is 7.92. The van der Waals surface area contributed by atoms with E-state index in [0.29, 0.717) is 24.0 Å². The van der Waals surface area contributed by atoms with Gasteiger partial charge in [0.2, 0.25) is 10.0 Å². The minimum atomic E-state index is -4.58. The van der Waals surface area contributed by atoms with Crippen LogP contribution in [-0.2, 0) is 34.0 Å². The number of carbonyl (C=O) groups excluding carboxylic acids is 1. The fourth-order valence-corrected chi connectivity index (χ4v) is 3.52. The zero-order chi connectivity index (χ0) is 24.8. The number of nitrogens with zero attached hydrogens (tertiary/aromatic N) is 1. The van der Waals surface area contributed by atoms with Crippen molar-refractivity contribution >= 4 is 21.6 Å². The first-order valence-electron chi connectivity index (χ1n) is 9.94. The number of rotatable bonds is 7. The number of alkyl halides is 3. The second kappa shape index (κ2) is 10.7. The molecule has 0 radical (unpaired) electrons. The number of halogens is 4. The van der Waals surface area contributed by atoms with Crippen molar-refractivity contribution in [3.63, 3.8) is 0 Å². The Balaban J connectivity index is 2.14. The van der Waals surface area contributed by atoms with Gasteiger partial charge in [-0.15, -0.1) is 0 Å². The highest BCUT2D eigenvalue weighted by Crippen LogP contribution is 2.28. The molecule has 0 fully saturated rings. The topological polar surface area (TPSA) is 88.2 Å². The molecular weight excluding hydrogens is 462 g/mol. The Labute approximate surface area is 189 Å². The van der Waals surface area contributed by atoms with E-state index in [0.717, 1.165) is 24.8 Å². The molecule has 0 saturated carbocycles. The number of hydrogen-bond acceptors (Lipinski definition) is 4. The molecular formula is C22H23F4N3O3S. The fourth-order valence-electron chi connectivity index (χ4n) is 2.89. The van der Waals surface area contributed by atoms with Gasteiger partial charge in [0.05, 0.1) is 17.6 Å². The molecule has 1 aromatic carbocycles. The molecule has 1 heterocycles. The maximum Gasteiger partial charge on any atom is 0.433 e. The second-order valence-electron chi connectivity index (χ2n) is 7.37. The van der Waals surface area contributed by atoms with E-state index in [2.05, 4.69) is 26.9 Å². The summed E-state index contributed by atoms with van der Waals surface area (Å²) in [6, 6.07) is 4.59. The molecule has 11 heteroatoms. The number of sulfonamides is 1. The number of amides is 1. The maximum atomic E-state index is 14.2. The Hall–Kier alpha value is -3.13. The van der Waals surface area contributed by atoms with E-state index in [1.807, 2.05) is 6.92 Å². The first-order valence-corrected chi connectivity index (χ1v) is 11.8. The van der Waals surface area contributed by atoms with E-state index in [9.17, 15) is 30.8 Å². The summed E-state index contributed by atoms with van der Waals surface area (Å²) in [4.78, 5) is 15.8. The van der Waals surface area contributed by atoms with Crippen LogP contribution in [0.1, 0.15) is 47.8 Å². The lowest BCUT2D eigenvalue weighted by Gasteiger charge is -2.11. The lowest BCUT2D eigenvalue weighted by molar-refractivity contribution is -0.141. The first kappa shape index (κ1) is 26.1. The van der Waals surface area contributed by atoms with Gasteiger partial charge >= 0.3 is 6.18 Å². The summed E-state index contributed by atoms with van der Waals surface area (Å²) in [6.07, 6.45) is -2.02. The van der Waals surface area contributed by atoms with E-state index < -0.39 is 33.6 Å². The lowest BCUT2D eigenvalue weighted by Crippen LogP contribution is -2.21. The minimum absolute atomic E-state index is 0.0849. The first-order chi connectivity index (χ1) is 15.3.